The van der Waals surface area contributed by atoms with Crippen LogP contribution in [0.5, 0.6) is 0 Å². The van der Waals surface area contributed by atoms with E-state index < -0.39 is 0 Å². The predicted molar refractivity (Wildman–Crippen MR) is 70.9 cm³/mol. The maximum Gasteiger partial charge on any atom is 0.120 e. The quantitative estimate of drug-likeness (QED) is 0.823. The molecule has 0 spiro atoms. The van der Waals surface area contributed by atoms with Crippen molar-refractivity contribution in [2.75, 3.05) is 0 Å². The number of hydrogen-bond donors (Lipinski definition) is 1. The van der Waals surface area contributed by atoms with Gasteiger partial charge in [-0.3, -0.25) is 0 Å². The second-order valence-electron chi connectivity index (χ2n) is 5.33. The van der Waals surface area contributed by atoms with Crippen LogP contribution in [0.4, 0.5) is 0 Å². The second kappa shape index (κ2) is 6.25. The Morgan fingerprint density at radius 2 is 2.12 bits per heavy atom. The summed E-state index contributed by atoms with van der Waals surface area (Å²) in [5.41, 5.74) is 0. The van der Waals surface area contributed by atoms with Gasteiger partial charge in [0.1, 0.15) is 5.76 Å². The van der Waals surface area contributed by atoms with Gasteiger partial charge in [0.25, 0.3) is 0 Å². The Labute approximate surface area is 105 Å². The van der Waals surface area contributed by atoms with Crippen molar-refractivity contribution in [1.29, 1.82) is 0 Å². The summed E-state index contributed by atoms with van der Waals surface area (Å²) < 4.78 is 5.51. The molecule has 0 bridgehead atoms. The Morgan fingerprint density at radius 1 is 1.35 bits per heavy atom. The third kappa shape index (κ3) is 3.35. The van der Waals surface area contributed by atoms with Gasteiger partial charge >= 0.3 is 0 Å². The summed E-state index contributed by atoms with van der Waals surface area (Å²) >= 11 is 0. The van der Waals surface area contributed by atoms with Crippen LogP contribution in [-0.2, 0) is 0 Å². The smallest absolute Gasteiger partial charge is 0.120 e. The topological polar surface area (TPSA) is 25.2 Å². The average molecular weight is 235 g/mol. The molecule has 1 saturated carbocycles. The lowest BCUT2D eigenvalue weighted by Crippen LogP contribution is -2.37. The van der Waals surface area contributed by atoms with E-state index in [0.29, 0.717) is 12.1 Å². The Kier molecular flexibility index (Phi) is 4.66. The fourth-order valence-electron chi connectivity index (χ4n) is 2.98. The highest BCUT2D eigenvalue weighted by Crippen LogP contribution is 2.28. The number of furan rings is 1. The minimum absolute atomic E-state index is 0.377. The van der Waals surface area contributed by atoms with E-state index in [2.05, 4.69) is 25.2 Å². The summed E-state index contributed by atoms with van der Waals surface area (Å²) in [6, 6.07) is 5.03. The molecule has 1 fully saturated rings. The third-order valence-electron chi connectivity index (χ3n) is 4.12. The largest absolute Gasteiger partial charge is 0.468 e. The fraction of sp³-hybridized carbons (Fsp3) is 0.733. The molecule has 1 N–H and O–H groups in total. The van der Waals surface area contributed by atoms with Gasteiger partial charge in [0.2, 0.25) is 0 Å². The molecule has 2 atom stereocenters. The summed E-state index contributed by atoms with van der Waals surface area (Å²) in [7, 11) is 0. The molecular formula is C15H25NO. The van der Waals surface area contributed by atoms with E-state index in [-0.39, 0.29) is 0 Å². The molecule has 0 saturated heterocycles. The van der Waals surface area contributed by atoms with Gasteiger partial charge in [0.15, 0.2) is 0 Å². The molecular weight excluding hydrogens is 210 g/mol. The highest BCUT2D eigenvalue weighted by Gasteiger charge is 2.23. The molecule has 0 radical (unpaired) electrons. The van der Waals surface area contributed by atoms with E-state index in [1.807, 2.05) is 6.07 Å². The summed E-state index contributed by atoms with van der Waals surface area (Å²) in [6.45, 7) is 4.55. The summed E-state index contributed by atoms with van der Waals surface area (Å²) in [6.07, 6.45) is 9.89. The molecule has 1 aromatic rings. The lowest BCUT2D eigenvalue weighted by atomic mass is 9.84. The van der Waals surface area contributed by atoms with Crippen molar-refractivity contribution in [3.05, 3.63) is 24.2 Å². The lowest BCUT2D eigenvalue weighted by Gasteiger charge is -2.31. The second-order valence-corrected chi connectivity index (χ2v) is 5.33. The third-order valence-corrected chi connectivity index (χ3v) is 4.12. The monoisotopic (exact) mass is 235 g/mol. The summed E-state index contributed by atoms with van der Waals surface area (Å²) in [5.74, 6) is 1.93. The zero-order valence-corrected chi connectivity index (χ0v) is 11.1. The first-order chi connectivity index (χ1) is 8.31. The van der Waals surface area contributed by atoms with E-state index in [1.165, 1.54) is 32.1 Å². The zero-order valence-electron chi connectivity index (χ0n) is 11.1. The molecule has 2 rings (SSSR count). The molecule has 0 amide bonds. The first kappa shape index (κ1) is 12.7. The zero-order chi connectivity index (χ0) is 12.1. The van der Waals surface area contributed by atoms with Gasteiger partial charge in [-0.15, -0.1) is 0 Å². The standard InChI is InChI=1S/C15H25NO/c1-3-14(15-10-7-11-17-15)16-12(2)13-8-5-4-6-9-13/h7,10-14,16H,3-6,8-9H2,1-2H3. The molecule has 0 aromatic carbocycles. The normalized spacial score (nSPS) is 21.3. The van der Waals surface area contributed by atoms with Gasteiger partial charge in [-0.1, -0.05) is 26.2 Å². The Balaban J connectivity index is 1.89. The van der Waals surface area contributed by atoms with Crippen molar-refractivity contribution in [1.82, 2.24) is 5.32 Å². The van der Waals surface area contributed by atoms with Crippen molar-refractivity contribution >= 4 is 0 Å². The molecule has 1 heterocycles. The van der Waals surface area contributed by atoms with E-state index in [1.54, 1.807) is 6.26 Å². The molecule has 1 aromatic heterocycles. The van der Waals surface area contributed by atoms with Crippen molar-refractivity contribution in [3.63, 3.8) is 0 Å². The van der Waals surface area contributed by atoms with Crippen LogP contribution in [0.1, 0.15) is 64.2 Å². The minimum Gasteiger partial charge on any atom is -0.468 e. The van der Waals surface area contributed by atoms with Crippen LogP contribution in [0.25, 0.3) is 0 Å². The number of hydrogen-bond acceptors (Lipinski definition) is 2. The van der Waals surface area contributed by atoms with Crippen LogP contribution in [0.3, 0.4) is 0 Å². The van der Waals surface area contributed by atoms with Gasteiger partial charge in [0, 0.05) is 6.04 Å². The van der Waals surface area contributed by atoms with Gasteiger partial charge in [-0.05, 0) is 44.2 Å². The fourth-order valence-corrected chi connectivity index (χ4v) is 2.98. The van der Waals surface area contributed by atoms with Crippen molar-refractivity contribution in [2.45, 2.75) is 64.5 Å². The van der Waals surface area contributed by atoms with Crippen LogP contribution in [0, 0.1) is 5.92 Å². The Hall–Kier alpha value is -0.760. The minimum atomic E-state index is 0.377. The van der Waals surface area contributed by atoms with Crippen molar-refractivity contribution in [2.24, 2.45) is 5.92 Å². The molecule has 2 heteroatoms. The van der Waals surface area contributed by atoms with Crippen LogP contribution in [0.2, 0.25) is 0 Å². The summed E-state index contributed by atoms with van der Waals surface area (Å²) in [4.78, 5) is 0. The van der Waals surface area contributed by atoms with Crippen LogP contribution in [0.15, 0.2) is 22.8 Å². The van der Waals surface area contributed by atoms with E-state index >= 15 is 0 Å². The Morgan fingerprint density at radius 3 is 2.71 bits per heavy atom. The highest BCUT2D eigenvalue weighted by atomic mass is 16.3. The van der Waals surface area contributed by atoms with Gasteiger partial charge < -0.3 is 9.73 Å². The number of nitrogens with one attached hydrogen (secondary N) is 1. The van der Waals surface area contributed by atoms with Gasteiger partial charge in [-0.2, -0.15) is 0 Å². The van der Waals surface area contributed by atoms with Crippen LogP contribution in [-0.4, -0.2) is 6.04 Å². The van der Waals surface area contributed by atoms with Crippen LogP contribution >= 0.6 is 0 Å². The first-order valence-electron chi connectivity index (χ1n) is 7.10. The first-order valence-corrected chi connectivity index (χ1v) is 7.10. The molecule has 1 aliphatic carbocycles. The van der Waals surface area contributed by atoms with Crippen molar-refractivity contribution in [3.8, 4) is 0 Å². The van der Waals surface area contributed by atoms with Gasteiger partial charge in [-0.25, -0.2) is 0 Å². The lowest BCUT2D eigenvalue weighted by molar-refractivity contribution is 0.252. The average Bonchev–Trinajstić information content (AvgIpc) is 2.90. The van der Waals surface area contributed by atoms with E-state index in [4.69, 9.17) is 4.42 Å². The SMILES string of the molecule is CCC(NC(C)C1CCCCC1)c1ccco1. The van der Waals surface area contributed by atoms with E-state index in [0.717, 1.165) is 18.1 Å². The molecule has 0 aliphatic heterocycles. The van der Waals surface area contributed by atoms with Gasteiger partial charge in [0.05, 0.1) is 12.3 Å². The highest BCUT2D eigenvalue weighted by molar-refractivity contribution is 5.04. The molecule has 2 nitrogen and oxygen atoms in total. The van der Waals surface area contributed by atoms with E-state index in [9.17, 15) is 0 Å². The molecule has 2 unspecified atom stereocenters. The van der Waals surface area contributed by atoms with Crippen LogP contribution < -0.4 is 5.32 Å². The predicted octanol–water partition coefficient (Wildman–Crippen LogP) is 4.29. The van der Waals surface area contributed by atoms with Crippen molar-refractivity contribution < 1.29 is 4.42 Å². The maximum atomic E-state index is 5.51. The molecule has 1 aliphatic rings. The summed E-state index contributed by atoms with van der Waals surface area (Å²) in [5, 5.41) is 3.74. The maximum absolute atomic E-state index is 5.51. The number of rotatable bonds is 5. The Bertz CT molecular complexity index is 301. The molecule has 17 heavy (non-hydrogen) atoms. The molecule has 96 valence electrons.